The van der Waals surface area contributed by atoms with E-state index < -0.39 is 0 Å². The number of hydrogen-bond donors (Lipinski definition) is 1. The van der Waals surface area contributed by atoms with Gasteiger partial charge in [-0.2, -0.15) is 5.26 Å². The van der Waals surface area contributed by atoms with E-state index in [1.54, 1.807) is 0 Å². The molecule has 0 aliphatic carbocycles. The van der Waals surface area contributed by atoms with Gasteiger partial charge in [0.2, 0.25) is 0 Å². The van der Waals surface area contributed by atoms with E-state index in [-0.39, 0.29) is 0 Å². The summed E-state index contributed by atoms with van der Waals surface area (Å²) in [6, 6.07) is 11.8. The Hall–Kier alpha value is -2.38. The third kappa shape index (κ3) is 1.53. The minimum Gasteiger partial charge on any atom is -0.350 e. The van der Waals surface area contributed by atoms with E-state index in [0.717, 1.165) is 11.3 Å². The smallest absolute Gasteiger partial charge is 0.156 e. The Morgan fingerprint density at radius 1 is 1.17 bits per heavy atom. The van der Waals surface area contributed by atoms with E-state index >= 15 is 0 Å². The summed E-state index contributed by atoms with van der Waals surface area (Å²) in [6.45, 7) is 0. The molecule has 0 saturated carbocycles. The normalized spacial score (nSPS) is 10.4. The molecule has 0 bridgehead atoms. The summed E-state index contributed by atoms with van der Waals surface area (Å²) >= 11 is 6.00. The Morgan fingerprint density at radius 3 is 2.67 bits per heavy atom. The number of fused-ring (bicyclic) bond motifs is 1. The molecule has 2 aromatic heterocycles. The first-order chi connectivity index (χ1) is 8.81. The summed E-state index contributed by atoms with van der Waals surface area (Å²) in [6.07, 6.45) is 1.36. The minimum absolute atomic E-state index is 0.318. The summed E-state index contributed by atoms with van der Waals surface area (Å²) in [4.78, 5) is 11.1. The van der Waals surface area contributed by atoms with E-state index in [4.69, 9.17) is 11.6 Å². The molecule has 0 fully saturated rings. The Kier molecular flexibility index (Phi) is 2.47. The zero-order valence-corrected chi connectivity index (χ0v) is 9.94. The van der Waals surface area contributed by atoms with Crippen LogP contribution >= 0.6 is 11.6 Å². The maximum Gasteiger partial charge on any atom is 0.156 e. The van der Waals surface area contributed by atoms with E-state index in [0.29, 0.717) is 21.7 Å². The highest BCUT2D eigenvalue weighted by Crippen LogP contribution is 2.30. The second kappa shape index (κ2) is 4.13. The van der Waals surface area contributed by atoms with Crippen LogP contribution < -0.4 is 0 Å². The zero-order chi connectivity index (χ0) is 12.5. The van der Waals surface area contributed by atoms with E-state index in [2.05, 4.69) is 21.0 Å². The molecule has 2 heterocycles. The maximum absolute atomic E-state index is 9.28. The lowest BCUT2D eigenvalue weighted by atomic mass is 10.1. The van der Waals surface area contributed by atoms with Crippen molar-refractivity contribution in [1.29, 1.82) is 5.26 Å². The molecule has 0 radical (unpaired) electrons. The van der Waals surface area contributed by atoms with Gasteiger partial charge in [0.1, 0.15) is 29.0 Å². The van der Waals surface area contributed by atoms with Crippen molar-refractivity contribution in [2.24, 2.45) is 0 Å². The Balaban J connectivity index is 2.38. The predicted molar refractivity (Wildman–Crippen MR) is 69.0 cm³/mol. The molecule has 0 atom stereocenters. The number of benzene rings is 1. The minimum atomic E-state index is 0.318. The molecule has 1 N–H and O–H groups in total. The fraction of sp³-hybridized carbons (Fsp3) is 0. The van der Waals surface area contributed by atoms with Crippen LogP contribution in [0.1, 0.15) is 5.56 Å². The van der Waals surface area contributed by atoms with Gasteiger partial charge in [0.05, 0.1) is 5.69 Å². The van der Waals surface area contributed by atoms with Crippen LogP contribution in [0, 0.1) is 11.3 Å². The van der Waals surface area contributed by atoms with Gasteiger partial charge in [-0.15, -0.1) is 0 Å². The van der Waals surface area contributed by atoms with Crippen LogP contribution in [0.4, 0.5) is 0 Å². The first kappa shape index (κ1) is 10.8. The van der Waals surface area contributed by atoms with E-state index in [1.165, 1.54) is 6.33 Å². The first-order valence-electron chi connectivity index (χ1n) is 5.29. The highest BCUT2D eigenvalue weighted by Gasteiger charge is 2.15. The number of hydrogen-bond acceptors (Lipinski definition) is 3. The number of halogens is 1. The summed E-state index contributed by atoms with van der Waals surface area (Å²) in [7, 11) is 0. The standard InChI is InChI=1S/C13H7ClN4/c14-13-12-11(16-7-17-13)9(6-15)10(18-12)8-4-2-1-3-5-8/h1-5,7,18H. The van der Waals surface area contributed by atoms with Gasteiger partial charge in [-0.3, -0.25) is 0 Å². The lowest BCUT2D eigenvalue weighted by Crippen LogP contribution is -1.82. The van der Waals surface area contributed by atoms with Crippen molar-refractivity contribution < 1.29 is 0 Å². The van der Waals surface area contributed by atoms with E-state index in [9.17, 15) is 5.26 Å². The summed E-state index contributed by atoms with van der Waals surface area (Å²) < 4.78 is 0. The van der Waals surface area contributed by atoms with Crippen LogP contribution in [0.2, 0.25) is 5.15 Å². The fourth-order valence-electron chi connectivity index (χ4n) is 1.90. The summed E-state index contributed by atoms with van der Waals surface area (Å²) in [5, 5.41) is 9.60. The number of nitrogens with one attached hydrogen (secondary N) is 1. The van der Waals surface area contributed by atoms with Gasteiger partial charge in [-0.25, -0.2) is 9.97 Å². The molecule has 0 aliphatic heterocycles. The molecule has 0 spiro atoms. The second-order valence-electron chi connectivity index (χ2n) is 3.74. The van der Waals surface area contributed by atoms with Gasteiger partial charge in [0.15, 0.2) is 5.15 Å². The molecule has 86 valence electrons. The van der Waals surface area contributed by atoms with Gasteiger partial charge in [-0.1, -0.05) is 41.9 Å². The van der Waals surface area contributed by atoms with Crippen molar-refractivity contribution in [3.8, 4) is 17.3 Å². The van der Waals surface area contributed by atoms with Crippen molar-refractivity contribution in [2.75, 3.05) is 0 Å². The van der Waals surface area contributed by atoms with Crippen molar-refractivity contribution in [2.45, 2.75) is 0 Å². The topological polar surface area (TPSA) is 65.4 Å². The number of nitrogens with zero attached hydrogens (tertiary/aromatic N) is 3. The fourth-order valence-corrected chi connectivity index (χ4v) is 2.08. The average Bonchev–Trinajstić information content (AvgIpc) is 2.80. The highest BCUT2D eigenvalue weighted by molar-refractivity contribution is 6.33. The molecule has 0 amide bonds. The molecule has 1 aromatic carbocycles. The zero-order valence-electron chi connectivity index (χ0n) is 9.18. The third-order valence-corrected chi connectivity index (χ3v) is 3.00. The Morgan fingerprint density at radius 2 is 1.94 bits per heavy atom. The van der Waals surface area contributed by atoms with Crippen molar-refractivity contribution in [3.63, 3.8) is 0 Å². The molecule has 5 heteroatoms. The van der Waals surface area contributed by atoms with Crippen molar-refractivity contribution in [3.05, 3.63) is 47.4 Å². The van der Waals surface area contributed by atoms with Gasteiger partial charge < -0.3 is 4.98 Å². The van der Waals surface area contributed by atoms with Crippen molar-refractivity contribution >= 4 is 22.6 Å². The van der Waals surface area contributed by atoms with Crippen LogP contribution in [0.15, 0.2) is 36.7 Å². The SMILES string of the molecule is N#Cc1c(-c2ccccc2)[nH]c2c(Cl)ncnc12. The van der Waals surface area contributed by atoms with Gasteiger partial charge >= 0.3 is 0 Å². The van der Waals surface area contributed by atoms with Crippen LogP contribution in [0.25, 0.3) is 22.3 Å². The molecule has 18 heavy (non-hydrogen) atoms. The van der Waals surface area contributed by atoms with Crippen molar-refractivity contribution in [1.82, 2.24) is 15.0 Å². The number of nitriles is 1. The number of rotatable bonds is 1. The Bertz CT molecular complexity index is 756. The van der Waals surface area contributed by atoms with Gasteiger partial charge in [-0.05, 0) is 5.56 Å². The van der Waals surface area contributed by atoms with Crippen LogP contribution in [0.5, 0.6) is 0 Å². The molecular weight excluding hydrogens is 248 g/mol. The molecule has 0 aliphatic rings. The molecule has 0 saturated heterocycles. The second-order valence-corrected chi connectivity index (χ2v) is 4.10. The molecule has 3 rings (SSSR count). The van der Waals surface area contributed by atoms with Crippen LogP contribution in [0.3, 0.4) is 0 Å². The average molecular weight is 255 g/mol. The highest BCUT2D eigenvalue weighted by atomic mass is 35.5. The number of aromatic nitrogens is 3. The third-order valence-electron chi connectivity index (χ3n) is 2.71. The first-order valence-corrected chi connectivity index (χ1v) is 5.66. The van der Waals surface area contributed by atoms with Crippen LogP contribution in [-0.2, 0) is 0 Å². The number of H-pyrrole nitrogens is 1. The van der Waals surface area contributed by atoms with Gasteiger partial charge in [0.25, 0.3) is 0 Å². The maximum atomic E-state index is 9.28. The Labute approximate surface area is 108 Å². The van der Waals surface area contributed by atoms with Gasteiger partial charge in [0, 0.05) is 0 Å². The summed E-state index contributed by atoms with van der Waals surface area (Å²) in [5.74, 6) is 0. The molecule has 3 aromatic rings. The number of aromatic amines is 1. The molecular formula is C13H7ClN4. The summed E-state index contributed by atoms with van der Waals surface area (Å²) in [5.41, 5.74) is 3.27. The molecule has 0 unspecified atom stereocenters. The predicted octanol–water partition coefficient (Wildman–Crippen LogP) is 3.15. The van der Waals surface area contributed by atoms with Crippen LogP contribution in [-0.4, -0.2) is 15.0 Å². The monoisotopic (exact) mass is 254 g/mol. The van der Waals surface area contributed by atoms with E-state index in [1.807, 2.05) is 30.3 Å². The lowest BCUT2D eigenvalue weighted by Gasteiger charge is -1.97. The molecule has 4 nitrogen and oxygen atoms in total. The quantitative estimate of drug-likeness (QED) is 0.679. The lowest BCUT2D eigenvalue weighted by molar-refractivity contribution is 1.22. The largest absolute Gasteiger partial charge is 0.350 e.